The zero-order valence-corrected chi connectivity index (χ0v) is 8.53. The molecule has 0 bridgehead atoms. The van der Waals surface area contributed by atoms with Crippen molar-refractivity contribution in [3.63, 3.8) is 0 Å². The van der Waals surface area contributed by atoms with Crippen LogP contribution in [0.25, 0.3) is 0 Å². The number of rotatable bonds is 4. The van der Waals surface area contributed by atoms with Crippen LogP contribution in [0.15, 0.2) is 12.3 Å². The largest absolute Gasteiger partial charge is 0.386 e. The summed E-state index contributed by atoms with van der Waals surface area (Å²) in [6.07, 6.45) is 0.981. The van der Waals surface area contributed by atoms with Gasteiger partial charge < -0.3 is 15.6 Å². The van der Waals surface area contributed by atoms with E-state index >= 15 is 0 Å². The highest BCUT2D eigenvalue weighted by Crippen LogP contribution is 2.19. The monoisotopic (exact) mass is 196 g/mol. The van der Waals surface area contributed by atoms with Gasteiger partial charge >= 0.3 is 0 Å². The molecule has 0 aromatic carbocycles. The first-order chi connectivity index (χ1) is 6.65. The lowest BCUT2D eigenvalue weighted by Gasteiger charge is -2.12. The minimum Gasteiger partial charge on any atom is -0.386 e. The van der Waals surface area contributed by atoms with Crippen molar-refractivity contribution in [3.8, 4) is 0 Å². The number of aryl methyl sites for hydroxylation is 1. The van der Waals surface area contributed by atoms with Crippen molar-refractivity contribution in [2.45, 2.75) is 20.0 Å². The predicted molar refractivity (Wildman–Crippen MR) is 54.8 cm³/mol. The van der Waals surface area contributed by atoms with E-state index in [0.29, 0.717) is 18.0 Å². The number of aromatic nitrogens is 1. The molecular weight excluding hydrogens is 180 g/mol. The van der Waals surface area contributed by atoms with Crippen LogP contribution >= 0.6 is 0 Å². The number of hydrogen-bond acceptors (Lipinski definition) is 4. The first-order valence-corrected chi connectivity index (χ1v) is 4.63. The molecule has 0 amide bonds. The fourth-order valence-corrected chi connectivity index (χ4v) is 1.19. The van der Waals surface area contributed by atoms with E-state index in [2.05, 4.69) is 4.98 Å². The zero-order chi connectivity index (χ0) is 10.6. The normalized spacial score (nSPS) is 12.8. The summed E-state index contributed by atoms with van der Waals surface area (Å²) in [7, 11) is 0. The maximum atomic E-state index is 9.71. The van der Waals surface area contributed by atoms with Crippen LogP contribution in [0.3, 0.4) is 0 Å². The summed E-state index contributed by atoms with van der Waals surface area (Å²) in [6, 6.07) is 1.83. The summed E-state index contributed by atoms with van der Waals surface area (Å²) < 4.78 is 5.11. The molecule has 0 aliphatic carbocycles. The molecule has 1 aromatic heterocycles. The van der Waals surface area contributed by atoms with Crippen LogP contribution in [0.1, 0.15) is 24.2 Å². The lowest BCUT2D eigenvalue weighted by Crippen LogP contribution is -2.10. The number of nitrogens with two attached hydrogens (primary N) is 1. The number of anilines is 1. The minimum absolute atomic E-state index is 0.256. The third kappa shape index (κ3) is 2.68. The Morgan fingerprint density at radius 2 is 2.36 bits per heavy atom. The Kier molecular flexibility index (Phi) is 3.85. The van der Waals surface area contributed by atoms with E-state index in [-0.39, 0.29) is 6.61 Å². The number of hydrogen-bond donors (Lipinski definition) is 2. The fourth-order valence-electron chi connectivity index (χ4n) is 1.19. The van der Waals surface area contributed by atoms with Crippen molar-refractivity contribution in [1.82, 2.24) is 4.98 Å². The van der Waals surface area contributed by atoms with Crippen molar-refractivity contribution < 1.29 is 9.84 Å². The average molecular weight is 196 g/mol. The molecule has 3 N–H and O–H groups in total. The van der Waals surface area contributed by atoms with Gasteiger partial charge in [0.05, 0.1) is 6.61 Å². The van der Waals surface area contributed by atoms with Gasteiger partial charge in [-0.2, -0.15) is 0 Å². The highest BCUT2D eigenvalue weighted by atomic mass is 16.5. The van der Waals surface area contributed by atoms with Crippen LogP contribution in [0.2, 0.25) is 0 Å². The van der Waals surface area contributed by atoms with Gasteiger partial charge in [0.15, 0.2) is 0 Å². The predicted octanol–water partition coefficient (Wildman–Crippen LogP) is 1.04. The molecule has 1 rings (SSSR count). The van der Waals surface area contributed by atoms with Crippen LogP contribution in [0.5, 0.6) is 0 Å². The lowest BCUT2D eigenvalue weighted by molar-refractivity contribution is 0.0422. The summed E-state index contributed by atoms with van der Waals surface area (Å²) in [5, 5.41) is 9.71. The molecule has 0 fully saturated rings. The van der Waals surface area contributed by atoms with Crippen molar-refractivity contribution in [2.24, 2.45) is 0 Å². The van der Waals surface area contributed by atoms with Gasteiger partial charge in [0.1, 0.15) is 11.9 Å². The Hall–Kier alpha value is -1.13. The molecule has 1 atom stereocenters. The Balaban J connectivity index is 2.77. The Labute approximate surface area is 83.7 Å². The number of ether oxygens (including phenoxy) is 1. The maximum Gasteiger partial charge on any atom is 0.129 e. The van der Waals surface area contributed by atoms with Crippen LogP contribution < -0.4 is 5.73 Å². The smallest absolute Gasteiger partial charge is 0.129 e. The highest BCUT2D eigenvalue weighted by Gasteiger charge is 2.11. The molecule has 0 saturated carbocycles. The Morgan fingerprint density at radius 3 is 3.00 bits per heavy atom. The third-order valence-corrected chi connectivity index (χ3v) is 1.93. The topological polar surface area (TPSA) is 68.4 Å². The molecule has 0 radical (unpaired) electrons. The average Bonchev–Trinajstić information content (AvgIpc) is 2.18. The summed E-state index contributed by atoms with van der Waals surface area (Å²) in [4.78, 5) is 3.97. The van der Waals surface area contributed by atoms with Gasteiger partial charge in [-0.05, 0) is 25.5 Å². The summed E-state index contributed by atoms with van der Waals surface area (Å²) in [5.41, 5.74) is 7.25. The van der Waals surface area contributed by atoms with Crippen molar-refractivity contribution in [3.05, 3.63) is 23.4 Å². The van der Waals surface area contributed by atoms with E-state index in [1.165, 1.54) is 0 Å². The number of pyridine rings is 1. The summed E-state index contributed by atoms with van der Waals surface area (Å²) in [6.45, 7) is 4.62. The molecule has 0 aliphatic rings. The molecule has 78 valence electrons. The second-order valence-corrected chi connectivity index (χ2v) is 3.16. The van der Waals surface area contributed by atoms with E-state index in [4.69, 9.17) is 10.5 Å². The standard InChI is InChI=1S/C10H16N2O2/c1-3-14-6-9(13)8-4-7(2)5-12-10(8)11/h4-5,9,13H,3,6H2,1-2H3,(H2,11,12). The quantitative estimate of drug-likeness (QED) is 0.755. The lowest BCUT2D eigenvalue weighted by atomic mass is 10.1. The number of aliphatic hydroxyl groups is 1. The SMILES string of the molecule is CCOCC(O)c1cc(C)cnc1N. The van der Waals surface area contributed by atoms with E-state index in [1.54, 1.807) is 6.20 Å². The van der Waals surface area contributed by atoms with E-state index in [9.17, 15) is 5.11 Å². The first-order valence-electron chi connectivity index (χ1n) is 4.63. The van der Waals surface area contributed by atoms with Crippen LogP contribution in [0, 0.1) is 6.92 Å². The van der Waals surface area contributed by atoms with E-state index in [1.807, 2.05) is 19.9 Å². The van der Waals surface area contributed by atoms with Gasteiger partial charge in [0.2, 0.25) is 0 Å². The number of nitrogens with zero attached hydrogens (tertiary/aromatic N) is 1. The summed E-state index contributed by atoms with van der Waals surface area (Å²) in [5.74, 6) is 0.364. The molecule has 4 heteroatoms. The van der Waals surface area contributed by atoms with Gasteiger partial charge in [-0.15, -0.1) is 0 Å². The summed E-state index contributed by atoms with van der Waals surface area (Å²) >= 11 is 0. The molecule has 4 nitrogen and oxygen atoms in total. The molecule has 1 heterocycles. The van der Waals surface area contributed by atoms with Gasteiger partial charge in [-0.25, -0.2) is 4.98 Å². The molecule has 0 spiro atoms. The number of nitrogen functional groups attached to an aromatic ring is 1. The Bertz CT molecular complexity index is 302. The highest BCUT2D eigenvalue weighted by molar-refractivity contribution is 5.42. The van der Waals surface area contributed by atoms with Gasteiger partial charge in [0, 0.05) is 18.4 Å². The molecule has 0 saturated heterocycles. The second-order valence-electron chi connectivity index (χ2n) is 3.16. The van der Waals surface area contributed by atoms with Crippen molar-refractivity contribution in [1.29, 1.82) is 0 Å². The molecule has 0 aliphatic heterocycles. The van der Waals surface area contributed by atoms with Gasteiger partial charge in [-0.3, -0.25) is 0 Å². The molecule has 1 aromatic rings. The fraction of sp³-hybridized carbons (Fsp3) is 0.500. The van der Waals surface area contributed by atoms with Gasteiger partial charge in [-0.1, -0.05) is 0 Å². The second kappa shape index (κ2) is 4.93. The van der Waals surface area contributed by atoms with Gasteiger partial charge in [0.25, 0.3) is 0 Å². The van der Waals surface area contributed by atoms with E-state index < -0.39 is 6.10 Å². The first kappa shape index (κ1) is 10.9. The van der Waals surface area contributed by atoms with E-state index in [0.717, 1.165) is 5.56 Å². The maximum absolute atomic E-state index is 9.71. The van der Waals surface area contributed by atoms with Crippen LogP contribution in [-0.4, -0.2) is 23.3 Å². The zero-order valence-electron chi connectivity index (χ0n) is 8.53. The van der Waals surface area contributed by atoms with Crippen molar-refractivity contribution in [2.75, 3.05) is 18.9 Å². The Morgan fingerprint density at radius 1 is 1.64 bits per heavy atom. The van der Waals surface area contributed by atoms with Crippen LogP contribution in [0.4, 0.5) is 5.82 Å². The molecule has 14 heavy (non-hydrogen) atoms. The minimum atomic E-state index is -0.692. The number of aliphatic hydroxyl groups excluding tert-OH is 1. The van der Waals surface area contributed by atoms with Crippen LogP contribution in [-0.2, 0) is 4.74 Å². The third-order valence-electron chi connectivity index (χ3n) is 1.93. The molecular formula is C10H16N2O2. The molecule has 1 unspecified atom stereocenters. The van der Waals surface area contributed by atoms with Crippen molar-refractivity contribution >= 4 is 5.82 Å².